The number of ether oxygens (including phenoxy) is 1. The van der Waals surface area contributed by atoms with E-state index in [1.807, 2.05) is 24.3 Å². The standard InChI is InChI=1S/C11H18N2O/c1-3-13-11(8-12)9-4-6-10(14-2)7-5-9/h4-7,11,13H,3,8,12H2,1-2H3. The third kappa shape index (κ3) is 2.72. The zero-order valence-electron chi connectivity index (χ0n) is 8.79. The average Bonchev–Trinajstić information content (AvgIpc) is 2.26. The molecular weight excluding hydrogens is 176 g/mol. The van der Waals surface area contributed by atoms with Gasteiger partial charge >= 0.3 is 0 Å². The van der Waals surface area contributed by atoms with E-state index >= 15 is 0 Å². The lowest BCUT2D eigenvalue weighted by Gasteiger charge is -2.16. The van der Waals surface area contributed by atoms with Crippen LogP contribution >= 0.6 is 0 Å². The Balaban J connectivity index is 2.73. The van der Waals surface area contributed by atoms with Gasteiger partial charge in [0.15, 0.2) is 0 Å². The van der Waals surface area contributed by atoms with Crippen molar-refractivity contribution < 1.29 is 4.74 Å². The molecule has 0 aliphatic rings. The van der Waals surface area contributed by atoms with Gasteiger partial charge in [0.05, 0.1) is 7.11 Å². The molecule has 1 unspecified atom stereocenters. The van der Waals surface area contributed by atoms with Crippen LogP contribution in [0.3, 0.4) is 0 Å². The first-order chi connectivity index (χ1) is 6.81. The summed E-state index contributed by atoms with van der Waals surface area (Å²) >= 11 is 0. The Bertz CT molecular complexity index is 258. The number of nitrogens with one attached hydrogen (secondary N) is 1. The second-order valence-corrected chi connectivity index (χ2v) is 3.12. The van der Waals surface area contributed by atoms with Crippen LogP contribution in [0.1, 0.15) is 18.5 Å². The molecule has 1 rings (SSSR count). The first-order valence-corrected chi connectivity index (χ1v) is 4.89. The van der Waals surface area contributed by atoms with Gasteiger partial charge in [0.25, 0.3) is 0 Å². The maximum Gasteiger partial charge on any atom is 0.118 e. The average molecular weight is 194 g/mol. The highest BCUT2D eigenvalue weighted by Gasteiger charge is 2.06. The number of likely N-dealkylation sites (N-methyl/N-ethyl adjacent to an activating group) is 1. The van der Waals surface area contributed by atoms with Crippen molar-refractivity contribution in [1.82, 2.24) is 5.32 Å². The van der Waals surface area contributed by atoms with Crippen LogP contribution in [0, 0.1) is 0 Å². The van der Waals surface area contributed by atoms with Crippen LogP contribution < -0.4 is 15.8 Å². The molecule has 0 radical (unpaired) electrons. The van der Waals surface area contributed by atoms with E-state index in [-0.39, 0.29) is 6.04 Å². The number of hydrogen-bond acceptors (Lipinski definition) is 3. The zero-order chi connectivity index (χ0) is 10.4. The van der Waals surface area contributed by atoms with Gasteiger partial charge in [-0.15, -0.1) is 0 Å². The number of benzene rings is 1. The molecule has 0 amide bonds. The van der Waals surface area contributed by atoms with Crippen molar-refractivity contribution in [2.24, 2.45) is 5.73 Å². The molecule has 0 heterocycles. The molecule has 0 saturated heterocycles. The highest BCUT2D eigenvalue weighted by Crippen LogP contribution is 2.16. The molecule has 14 heavy (non-hydrogen) atoms. The van der Waals surface area contributed by atoms with E-state index in [4.69, 9.17) is 10.5 Å². The van der Waals surface area contributed by atoms with Crippen molar-refractivity contribution in [3.8, 4) is 5.75 Å². The van der Waals surface area contributed by atoms with Gasteiger partial charge in [0.1, 0.15) is 5.75 Å². The molecule has 0 aliphatic carbocycles. The van der Waals surface area contributed by atoms with E-state index < -0.39 is 0 Å². The van der Waals surface area contributed by atoms with Crippen LogP contribution in [-0.4, -0.2) is 20.2 Å². The largest absolute Gasteiger partial charge is 0.497 e. The van der Waals surface area contributed by atoms with Crippen LogP contribution in [0.4, 0.5) is 0 Å². The molecule has 1 aromatic carbocycles. The van der Waals surface area contributed by atoms with Crippen molar-refractivity contribution in [1.29, 1.82) is 0 Å². The SMILES string of the molecule is CCNC(CN)c1ccc(OC)cc1. The molecule has 78 valence electrons. The normalized spacial score (nSPS) is 12.5. The molecule has 3 N–H and O–H groups in total. The summed E-state index contributed by atoms with van der Waals surface area (Å²) in [6.45, 7) is 3.61. The summed E-state index contributed by atoms with van der Waals surface area (Å²) < 4.78 is 5.09. The minimum Gasteiger partial charge on any atom is -0.497 e. The Hall–Kier alpha value is -1.06. The Morgan fingerprint density at radius 2 is 2.00 bits per heavy atom. The molecule has 0 bridgehead atoms. The van der Waals surface area contributed by atoms with Crippen molar-refractivity contribution in [3.05, 3.63) is 29.8 Å². The van der Waals surface area contributed by atoms with Crippen LogP contribution in [0.25, 0.3) is 0 Å². The highest BCUT2D eigenvalue weighted by molar-refractivity contribution is 5.29. The molecule has 1 atom stereocenters. The summed E-state index contributed by atoms with van der Waals surface area (Å²) in [5.74, 6) is 0.876. The van der Waals surface area contributed by atoms with E-state index in [0.717, 1.165) is 12.3 Å². The Morgan fingerprint density at radius 1 is 1.36 bits per heavy atom. The molecule has 3 heteroatoms. The fraction of sp³-hybridized carbons (Fsp3) is 0.455. The van der Waals surface area contributed by atoms with Crippen molar-refractivity contribution in [2.45, 2.75) is 13.0 Å². The van der Waals surface area contributed by atoms with Crippen molar-refractivity contribution in [3.63, 3.8) is 0 Å². The molecule has 3 nitrogen and oxygen atoms in total. The van der Waals surface area contributed by atoms with E-state index in [9.17, 15) is 0 Å². The van der Waals surface area contributed by atoms with Gasteiger partial charge in [-0.2, -0.15) is 0 Å². The van der Waals surface area contributed by atoms with Gasteiger partial charge in [-0.3, -0.25) is 0 Å². The molecule has 0 aliphatic heterocycles. The molecule has 0 saturated carbocycles. The number of methoxy groups -OCH3 is 1. The molecule has 0 fully saturated rings. The molecule has 1 aromatic rings. The van der Waals surface area contributed by atoms with E-state index in [1.165, 1.54) is 5.56 Å². The third-order valence-electron chi connectivity index (χ3n) is 2.20. The summed E-state index contributed by atoms with van der Waals surface area (Å²) in [5, 5.41) is 3.32. The van der Waals surface area contributed by atoms with Gasteiger partial charge in [0.2, 0.25) is 0 Å². The van der Waals surface area contributed by atoms with E-state index in [1.54, 1.807) is 7.11 Å². The summed E-state index contributed by atoms with van der Waals surface area (Å²) in [6.07, 6.45) is 0. The lowest BCUT2D eigenvalue weighted by Crippen LogP contribution is -2.27. The van der Waals surface area contributed by atoms with Crippen LogP contribution in [0.2, 0.25) is 0 Å². The molecular formula is C11H18N2O. The second kappa shape index (κ2) is 5.62. The lowest BCUT2D eigenvalue weighted by molar-refractivity contribution is 0.414. The fourth-order valence-corrected chi connectivity index (χ4v) is 1.42. The van der Waals surface area contributed by atoms with Crippen LogP contribution in [0.15, 0.2) is 24.3 Å². The Morgan fingerprint density at radius 3 is 2.43 bits per heavy atom. The zero-order valence-corrected chi connectivity index (χ0v) is 8.79. The van der Waals surface area contributed by atoms with E-state index in [0.29, 0.717) is 6.54 Å². The monoisotopic (exact) mass is 194 g/mol. The van der Waals surface area contributed by atoms with Crippen molar-refractivity contribution >= 4 is 0 Å². The summed E-state index contributed by atoms with van der Waals surface area (Å²) in [6, 6.07) is 8.23. The summed E-state index contributed by atoms with van der Waals surface area (Å²) in [7, 11) is 1.67. The van der Waals surface area contributed by atoms with E-state index in [2.05, 4.69) is 12.2 Å². The van der Waals surface area contributed by atoms with Gasteiger partial charge in [0, 0.05) is 12.6 Å². The van der Waals surface area contributed by atoms with Gasteiger partial charge in [-0.1, -0.05) is 19.1 Å². The predicted octanol–water partition coefficient (Wildman–Crippen LogP) is 1.30. The highest BCUT2D eigenvalue weighted by atomic mass is 16.5. The maximum absolute atomic E-state index is 5.67. The van der Waals surface area contributed by atoms with Gasteiger partial charge in [-0.05, 0) is 24.2 Å². The van der Waals surface area contributed by atoms with Gasteiger partial charge < -0.3 is 15.8 Å². The predicted molar refractivity (Wildman–Crippen MR) is 58.5 cm³/mol. The van der Waals surface area contributed by atoms with Crippen LogP contribution in [-0.2, 0) is 0 Å². The number of hydrogen-bond donors (Lipinski definition) is 2. The smallest absolute Gasteiger partial charge is 0.118 e. The molecule has 0 aromatic heterocycles. The quantitative estimate of drug-likeness (QED) is 0.743. The van der Waals surface area contributed by atoms with Crippen molar-refractivity contribution in [2.75, 3.05) is 20.2 Å². The second-order valence-electron chi connectivity index (χ2n) is 3.12. The Kier molecular flexibility index (Phi) is 4.43. The maximum atomic E-state index is 5.67. The summed E-state index contributed by atoms with van der Waals surface area (Å²) in [5.41, 5.74) is 6.87. The first-order valence-electron chi connectivity index (χ1n) is 4.89. The Labute approximate surface area is 85.3 Å². The number of nitrogens with two attached hydrogens (primary N) is 1. The third-order valence-corrected chi connectivity index (χ3v) is 2.20. The molecule has 0 spiro atoms. The first kappa shape index (κ1) is 11.0. The topological polar surface area (TPSA) is 47.3 Å². The fourth-order valence-electron chi connectivity index (χ4n) is 1.42. The van der Waals surface area contributed by atoms with Gasteiger partial charge in [-0.25, -0.2) is 0 Å². The number of rotatable bonds is 5. The van der Waals surface area contributed by atoms with Crippen LogP contribution in [0.5, 0.6) is 5.75 Å². The summed E-state index contributed by atoms with van der Waals surface area (Å²) in [4.78, 5) is 0. The lowest BCUT2D eigenvalue weighted by atomic mass is 10.1. The minimum atomic E-state index is 0.242. The minimum absolute atomic E-state index is 0.242.